The maximum atomic E-state index is 3.70. The first kappa shape index (κ1) is 13.4. The summed E-state index contributed by atoms with van der Waals surface area (Å²) >= 11 is 0. The van der Waals surface area contributed by atoms with Crippen molar-refractivity contribution in [2.24, 2.45) is 23.2 Å². The lowest BCUT2D eigenvalue weighted by Gasteiger charge is -2.44. The molecule has 0 radical (unpaired) electrons. The summed E-state index contributed by atoms with van der Waals surface area (Å²) in [5, 5.41) is 3.70. The zero-order valence-electron chi connectivity index (χ0n) is 12.3. The van der Waals surface area contributed by atoms with Crippen molar-refractivity contribution in [1.82, 2.24) is 5.32 Å². The summed E-state index contributed by atoms with van der Waals surface area (Å²) in [6.45, 7) is 7.43. The SMILES string of the molecule is CNC(C1CC(C)CC(C)C1)C1(C)CCCC1. The molecule has 0 aromatic heterocycles. The average molecular weight is 237 g/mol. The van der Waals surface area contributed by atoms with Gasteiger partial charge in [0, 0.05) is 6.04 Å². The Bertz CT molecular complexity index is 232. The van der Waals surface area contributed by atoms with Crippen molar-refractivity contribution in [2.45, 2.75) is 71.8 Å². The Morgan fingerprint density at radius 2 is 1.53 bits per heavy atom. The summed E-state index contributed by atoms with van der Waals surface area (Å²) in [5.74, 6) is 2.79. The van der Waals surface area contributed by atoms with E-state index in [1.54, 1.807) is 0 Å². The van der Waals surface area contributed by atoms with Crippen LogP contribution in [-0.2, 0) is 0 Å². The maximum Gasteiger partial charge on any atom is 0.0146 e. The maximum absolute atomic E-state index is 3.70. The normalized spacial score (nSPS) is 39.2. The van der Waals surface area contributed by atoms with Crippen molar-refractivity contribution in [2.75, 3.05) is 7.05 Å². The third-order valence-corrected chi connectivity index (χ3v) is 5.49. The van der Waals surface area contributed by atoms with E-state index in [1.165, 1.54) is 44.9 Å². The van der Waals surface area contributed by atoms with Gasteiger partial charge in [-0.1, -0.05) is 33.6 Å². The first-order valence-electron chi connectivity index (χ1n) is 7.72. The van der Waals surface area contributed by atoms with Crippen molar-refractivity contribution < 1.29 is 0 Å². The van der Waals surface area contributed by atoms with Gasteiger partial charge in [-0.2, -0.15) is 0 Å². The Labute approximate surface area is 108 Å². The average Bonchev–Trinajstić information content (AvgIpc) is 2.65. The molecule has 0 aromatic rings. The number of hydrogen-bond donors (Lipinski definition) is 1. The number of hydrogen-bond acceptors (Lipinski definition) is 1. The molecule has 0 aliphatic heterocycles. The lowest BCUT2D eigenvalue weighted by molar-refractivity contribution is 0.100. The van der Waals surface area contributed by atoms with Crippen LogP contribution in [0.2, 0.25) is 0 Å². The molecule has 2 aliphatic carbocycles. The molecule has 3 unspecified atom stereocenters. The van der Waals surface area contributed by atoms with E-state index in [0.29, 0.717) is 5.41 Å². The quantitative estimate of drug-likeness (QED) is 0.774. The highest BCUT2D eigenvalue weighted by molar-refractivity contribution is 4.96. The molecule has 2 saturated carbocycles. The van der Waals surface area contributed by atoms with Crippen LogP contribution in [0.15, 0.2) is 0 Å². The van der Waals surface area contributed by atoms with Crippen LogP contribution in [0.25, 0.3) is 0 Å². The van der Waals surface area contributed by atoms with E-state index in [9.17, 15) is 0 Å². The Morgan fingerprint density at radius 3 is 2.00 bits per heavy atom. The fourth-order valence-electron chi connectivity index (χ4n) is 4.93. The van der Waals surface area contributed by atoms with Gasteiger partial charge in [-0.25, -0.2) is 0 Å². The van der Waals surface area contributed by atoms with Crippen LogP contribution < -0.4 is 5.32 Å². The Hall–Kier alpha value is -0.0400. The van der Waals surface area contributed by atoms with Gasteiger partial charge in [0.05, 0.1) is 0 Å². The summed E-state index contributed by atoms with van der Waals surface area (Å²) in [6.07, 6.45) is 10.1. The summed E-state index contributed by atoms with van der Waals surface area (Å²) in [4.78, 5) is 0. The largest absolute Gasteiger partial charge is 0.316 e. The van der Waals surface area contributed by atoms with Crippen molar-refractivity contribution >= 4 is 0 Å². The topological polar surface area (TPSA) is 12.0 Å². The summed E-state index contributed by atoms with van der Waals surface area (Å²) in [6, 6.07) is 0.759. The highest BCUT2D eigenvalue weighted by Gasteiger charge is 2.42. The van der Waals surface area contributed by atoms with Gasteiger partial charge in [-0.3, -0.25) is 0 Å². The lowest BCUT2D eigenvalue weighted by Crippen LogP contribution is -2.47. The third kappa shape index (κ3) is 2.86. The second kappa shape index (κ2) is 5.30. The van der Waals surface area contributed by atoms with Gasteiger partial charge in [0.2, 0.25) is 0 Å². The predicted molar refractivity (Wildman–Crippen MR) is 75.1 cm³/mol. The molecule has 0 heterocycles. The fourth-order valence-corrected chi connectivity index (χ4v) is 4.93. The molecule has 2 rings (SSSR count). The van der Waals surface area contributed by atoms with Crippen molar-refractivity contribution in [3.8, 4) is 0 Å². The van der Waals surface area contributed by atoms with Crippen LogP contribution in [-0.4, -0.2) is 13.1 Å². The molecular weight excluding hydrogens is 206 g/mol. The van der Waals surface area contributed by atoms with Crippen LogP contribution >= 0.6 is 0 Å². The second-order valence-corrected chi connectivity index (χ2v) is 7.31. The van der Waals surface area contributed by atoms with Crippen LogP contribution in [0.5, 0.6) is 0 Å². The highest BCUT2D eigenvalue weighted by Crippen LogP contribution is 2.47. The molecule has 0 spiro atoms. The van der Waals surface area contributed by atoms with E-state index in [0.717, 1.165) is 23.8 Å². The molecule has 3 atom stereocenters. The van der Waals surface area contributed by atoms with E-state index in [-0.39, 0.29) is 0 Å². The van der Waals surface area contributed by atoms with E-state index in [1.807, 2.05) is 0 Å². The molecule has 1 heteroatoms. The van der Waals surface area contributed by atoms with Gasteiger partial charge in [-0.15, -0.1) is 0 Å². The molecule has 0 amide bonds. The van der Waals surface area contributed by atoms with Crippen molar-refractivity contribution in [3.63, 3.8) is 0 Å². The first-order chi connectivity index (χ1) is 8.05. The van der Waals surface area contributed by atoms with Gasteiger partial charge in [0.25, 0.3) is 0 Å². The molecule has 2 aliphatic rings. The predicted octanol–water partition coefficient (Wildman–Crippen LogP) is 4.23. The zero-order valence-corrected chi connectivity index (χ0v) is 12.3. The van der Waals surface area contributed by atoms with Gasteiger partial charge in [0.1, 0.15) is 0 Å². The molecule has 1 nitrogen and oxygen atoms in total. The van der Waals surface area contributed by atoms with E-state index in [2.05, 4.69) is 33.1 Å². The molecule has 2 fully saturated rings. The molecule has 1 N–H and O–H groups in total. The smallest absolute Gasteiger partial charge is 0.0146 e. The monoisotopic (exact) mass is 237 g/mol. The van der Waals surface area contributed by atoms with Crippen LogP contribution in [0.1, 0.15) is 65.7 Å². The standard InChI is InChI=1S/C16H31N/c1-12-9-13(2)11-14(10-12)15(17-4)16(3)7-5-6-8-16/h12-15,17H,5-11H2,1-4H3. The molecule has 0 saturated heterocycles. The van der Waals surface area contributed by atoms with Crippen LogP contribution in [0.3, 0.4) is 0 Å². The van der Waals surface area contributed by atoms with Gasteiger partial charge in [0.15, 0.2) is 0 Å². The zero-order chi connectivity index (χ0) is 12.5. The van der Waals surface area contributed by atoms with Crippen molar-refractivity contribution in [1.29, 1.82) is 0 Å². The van der Waals surface area contributed by atoms with Gasteiger partial charge >= 0.3 is 0 Å². The first-order valence-corrected chi connectivity index (χ1v) is 7.72. The van der Waals surface area contributed by atoms with Gasteiger partial charge < -0.3 is 5.32 Å². The highest BCUT2D eigenvalue weighted by atomic mass is 14.9. The fraction of sp³-hybridized carbons (Fsp3) is 1.00. The minimum absolute atomic E-state index is 0.580. The Balaban J connectivity index is 2.06. The minimum atomic E-state index is 0.580. The Morgan fingerprint density at radius 1 is 1.00 bits per heavy atom. The third-order valence-electron chi connectivity index (χ3n) is 5.49. The second-order valence-electron chi connectivity index (χ2n) is 7.31. The number of nitrogens with one attached hydrogen (secondary N) is 1. The minimum Gasteiger partial charge on any atom is -0.316 e. The molecular formula is C16H31N. The molecule has 0 bridgehead atoms. The van der Waals surface area contributed by atoms with Crippen LogP contribution in [0.4, 0.5) is 0 Å². The van der Waals surface area contributed by atoms with E-state index in [4.69, 9.17) is 0 Å². The Kier molecular flexibility index (Phi) is 4.18. The van der Waals surface area contributed by atoms with Gasteiger partial charge in [-0.05, 0) is 62.3 Å². The summed E-state index contributed by atoms with van der Waals surface area (Å²) in [5.41, 5.74) is 0.580. The molecule has 0 aromatic carbocycles. The van der Waals surface area contributed by atoms with Crippen LogP contribution in [0, 0.1) is 23.2 Å². The lowest BCUT2D eigenvalue weighted by atomic mass is 9.66. The van der Waals surface area contributed by atoms with Crippen molar-refractivity contribution in [3.05, 3.63) is 0 Å². The summed E-state index contributed by atoms with van der Waals surface area (Å²) < 4.78 is 0. The van der Waals surface area contributed by atoms with E-state index < -0.39 is 0 Å². The molecule has 100 valence electrons. The summed E-state index contributed by atoms with van der Waals surface area (Å²) in [7, 11) is 2.19. The van der Waals surface area contributed by atoms with E-state index >= 15 is 0 Å². The number of rotatable bonds is 3. The molecule has 17 heavy (non-hydrogen) atoms.